The lowest BCUT2D eigenvalue weighted by Gasteiger charge is -2.16. The number of aryl methyl sites for hydroxylation is 1. The zero-order chi connectivity index (χ0) is 24.5. The van der Waals surface area contributed by atoms with Crippen molar-refractivity contribution < 1.29 is 27.4 Å². The predicted octanol–water partition coefficient (Wildman–Crippen LogP) is 6.36. The van der Waals surface area contributed by atoms with E-state index in [2.05, 4.69) is 28.6 Å². The van der Waals surface area contributed by atoms with Gasteiger partial charge in [-0.25, -0.2) is 4.98 Å². The average molecular weight is 474 g/mol. The highest BCUT2D eigenvalue weighted by Crippen LogP contribution is 2.39. The zero-order valence-electron chi connectivity index (χ0n) is 19.3. The minimum absolute atomic E-state index is 0.276. The van der Waals surface area contributed by atoms with Gasteiger partial charge in [0.2, 0.25) is 0 Å². The molecule has 2 heterocycles. The monoisotopic (exact) mass is 474 g/mol. The Bertz CT molecular complexity index is 1280. The molecule has 0 bridgehead atoms. The van der Waals surface area contributed by atoms with Gasteiger partial charge in [-0.2, -0.15) is 4.98 Å². The average Bonchev–Trinajstić information content (AvgIpc) is 3.44. The Kier molecular flexibility index (Phi) is 6.41. The van der Waals surface area contributed by atoms with Gasteiger partial charge in [-0.1, -0.05) is 19.9 Å². The van der Waals surface area contributed by atoms with Crippen LogP contribution in [0.1, 0.15) is 38.2 Å². The number of fused-ring (bicyclic) bond motifs is 1. The van der Waals surface area contributed by atoms with Crippen LogP contribution in [0.15, 0.2) is 49.1 Å². The van der Waals surface area contributed by atoms with Gasteiger partial charge in [0.1, 0.15) is 17.0 Å². The maximum atomic E-state index is 12.8. The summed E-state index contributed by atoms with van der Waals surface area (Å²) in [7, 11) is 3.42. The Hall–Kier alpha value is -3.69. The van der Waals surface area contributed by atoms with Crippen molar-refractivity contribution in [2.45, 2.75) is 39.0 Å². The first-order chi connectivity index (χ1) is 16.3. The lowest BCUT2D eigenvalue weighted by Crippen LogP contribution is -2.17. The number of rotatable bonds is 8. The Morgan fingerprint density at radius 3 is 2.41 bits per heavy atom. The highest BCUT2D eigenvalue weighted by Gasteiger charge is 2.31. The second-order valence-corrected chi connectivity index (χ2v) is 7.77. The molecular formula is C24H25F3N4O3. The van der Waals surface area contributed by atoms with E-state index in [9.17, 15) is 13.2 Å². The van der Waals surface area contributed by atoms with Gasteiger partial charge in [0.05, 0.1) is 24.6 Å². The highest BCUT2D eigenvalue weighted by atomic mass is 19.4. The lowest BCUT2D eigenvalue weighted by molar-refractivity contribution is -0.274. The molecule has 2 aromatic carbocycles. The first-order valence-electron chi connectivity index (χ1n) is 10.8. The SMILES string of the molecule is CCC(CC)c1ccc(OC)c2nc(Oc3ccc(OC(F)(F)F)cc3-n3ccnc3)n(C)c12. The standard InChI is InChI=1S/C24H25F3N4O3/c1-5-15(6-2)17-8-10-20(32-4)21-22(17)30(3)23(29-21)33-19-9-7-16(34-24(25,26)27)13-18(19)31-12-11-28-14-31/h7-15H,5-6H2,1-4H3. The van der Waals surface area contributed by atoms with Crippen molar-refractivity contribution >= 4 is 11.0 Å². The summed E-state index contributed by atoms with van der Waals surface area (Å²) in [6.07, 6.45) is 1.69. The molecule has 0 saturated carbocycles. The fourth-order valence-electron chi connectivity index (χ4n) is 4.10. The molecule has 0 fully saturated rings. The van der Waals surface area contributed by atoms with Crippen molar-refractivity contribution in [1.82, 2.24) is 19.1 Å². The van der Waals surface area contributed by atoms with Crippen LogP contribution in [0.2, 0.25) is 0 Å². The first kappa shape index (κ1) is 23.5. The van der Waals surface area contributed by atoms with Crippen LogP contribution in [-0.4, -0.2) is 32.6 Å². The van der Waals surface area contributed by atoms with Crippen LogP contribution >= 0.6 is 0 Å². The Labute approximate surface area is 194 Å². The molecule has 0 N–H and O–H groups in total. The molecule has 2 aromatic heterocycles. The number of ether oxygens (including phenoxy) is 3. The van der Waals surface area contributed by atoms with E-state index in [4.69, 9.17) is 9.47 Å². The molecule has 0 radical (unpaired) electrons. The zero-order valence-corrected chi connectivity index (χ0v) is 19.3. The molecule has 7 nitrogen and oxygen atoms in total. The number of nitrogens with zero attached hydrogens (tertiary/aromatic N) is 4. The number of halogens is 3. The van der Waals surface area contributed by atoms with Crippen LogP contribution in [0.25, 0.3) is 16.7 Å². The highest BCUT2D eigenvalue weighted by molar-refractivity contribution is 5.87. The predicted molar refractivity (Wildman–Crippen MR) is 121 cm³/mol. The Balaban J connectivity index is 1.82. The van der Waals surface area contributed by atoms with E-state index < -0.39 is 6.36 Å². The van der Waals surface area contributed by atoms with E-state index in [1.807, 2.05) is 23.7 Å². The molecule has 4 aromatic rings. The van der Waals surface area contributed by atoms with E-state index in [1.165, 1.54) is 35.3 Å². The van der Waals surface area contributed by atoms with Crippen molar-refractivity contribution in [3.63, 3.8) is 0 Å². The van der Waals surface area contributed by atoms with Crippen LogP contribution in [0.5, 0.6) is 23.3 Å². The quantitative estimate of drug-likeness (QED) is 0.297. The van der Waals surface area contributed by atoms with E-state index in [0.717, 1.165) is 23.9 Å². The van der Waals surface area contributed by atoms with Gasteiger partial charge in [0.15, 0.2) is 5.75 Å². The van der Waals surface area contributed by atoms with Crippen LogP contribution in [0.4, 0.5) is 13.2 Å². The Morgan fingerprint density at radius 1 is 1.06 bits per heavy atom. The van der Waals surface area contributed by atoms with Crippen LogP contribution in [0, 0.1) is 0 Å². The van der Waals surface area contributed by atoms with Crippen LogP contribution < -0.4 is 14.2 Å². The van der Waals surface area contributed by atoms with Crippen molar-refractivity contribution in [3.05, 3.63) is 54.6 Å². The molecule has 180 valence electrons. The second kappa shape index (κ2) is 9.28. The number of aromatic nitrogens is 4. The summed E-state index contributed by atoms with van der Waals surface area (Å²) in [4.78, 5) is 8.66. The third-order valence-electron chi connectivity index (χ3n) is 5.77. The van der Waals surface area contributed by atoms with Crippen molar-refractivity contribution in [2.75, 3.05) is 7.11 Å². The largest absolute Gasteiger partial charge is 0.573 e. The van der Waals surface area contributed by atoms with Gasteiger partial charge < -0.3 is 18.8 Å². The summed E-state index contributed by atoms with van der Waals surface area (Å²) in [6, 6.07) is 8.06. The number of hydrogen-bond donors (Lipinski definition) is 0. The van der Waals surface area contributed by atoms with Crippen LogP contribution in [0.3, 0.4) is 0 Å². The molecule has 0 unspecified atom stereocenters. The Morgan fingerprint density at radius 2 is 1.79 bits per heavy atom. The van der Waals surface area contributed by atoms with Gasteiger partial charge in [-0.15, -0.1) is 13.2 Å². The molecule has 0 atom stereocenters. The molecular weight excluding hydrogens is 449 g/mol. The molecule has 0 amide bonds. The number of imidazole rings is 2. The molecule has 0 aliphatic rings. The maximum Gasteiger partial charge on any atom is 0.573 e. The molecule has 10 heteroatoms. The summed E-state index contributed by atoms with van der Waals surface area (Å²) in [5.74, 6) is 0.858. The van der Waals surface area contributed by atoms with Crippen molar-refractivity contribution in [1.29, 1.82) is 0 Å². The second-order valence-electron chi connectivity index (χ2n) is 7.77. The minimum atomic E-state index is -4.81. The minimum Gasteiger partial charge on any atom is -0.494 e. The van der Waals surface area contributed by atoms with Gasteiger partial charge in [0, 0.05) is 25.5 Å². The molecule has 0 aliphatic carbocycles. The normalized spacial score (nSPS) is 11.9. The summed E-state index contributed by atoms with van der Waals surface area (Å²) in [5.41, 5.74) is 3.00. The third kappa shape index (κ3) is 4.52. The van der Waals surface area contributed by atoms with Gasteiger partial charge in [0.25, 0.3) is 0 Å². The number of hydrogen-bond acceptors (Lipinski definition) is 5. The summed E-state index contributed by atoms with van der Waals surface area (Å²) in [5, 5.41) is 0. The molecule has 0 spiro atoms. The number of alkyl halides is 3. The maximum absolute atomic E-state index is 12.8. The summed E-state index contributed by atoms with van der Waals surface area (Å²) in [6.45, 7) is 4.28. The van der Waals surface area contributed by atoms with E-state index in [0.29, 0.717) is 22.9 Å². The van der Waals surface area contributed by atoms with Crippen molar-refractivity contribution in [3.8, 4) is 28.9 Å². The molecule has 34 heavy (non-hydrogen) atoms. The molecule has 4 rings (SSSR count). The first-order valence-corrected chi connectivity index (χ1v) is 10.8. The van der Waals surface area contributed by atoms with E-state index >= 15 is 0 Å². The fraction of sp³-hybridized carbons (Fsp3) is 0.333. The van der Waals surface area contributed by atoms with E-state index in [-0.39, 0.29) is 17.5 Å². The fourth-order valence-corrected chi connectivity index (χ4v) is 4.10. The number of benzene rings is 2. The molecule has 0 saturated heterocycles. The number of methoxy groups -OCH3 is 1. The lowest BCUT2D eigenvalue weighted by atomic mass is 9.92. The van der Waals surface area contributed by atoms with Gasteiger partial charge >= 0.3 is 12.4 Å². The van der Waals surface area contributed by atoms with E-state index in [1.54, 1.807) is 13.3 Å². The summed E-state index contributed by atoms with van der Waals surface area (Å²) >= 11 is 0. The summed E-state index contributed by atoms with van der Waals surface area (Å²) < 4.78 is 57.4. The molecule has 0 aliphatic heterocycles. The third-order valence-corrected chi connectivity index (χ3v) is 5.77. The topological polar surface area (TPSA) is 63.3 Å². The van der Waals surface area contributed by atoms with Gasteiger partial charge in [-0.05, 0) is 42.5 Å². The smallest absolute Gasteiger partial charge is 0.494 e. The van der Waals surface area contributed by atoms with Crippen LogP contribution in [-0.2, 0) is 7.05 Å². The van der Waals surface area contributed by atoms with Gasteiger partial charge in [-0.3, -0.25) is 4.57 Å². The van der Waals surface area contributed by atoms with Crippen molar-refractivity contribution in [2.24, 2.45) is 7.05 Å².